The fourth-order valence-corrected chi connectivity index (χ4v) is 4.67. The van der Waals surface area contributed by atoms with E-state index in [1.807, 2.05) is 24.3 Å². The number of nitrogens with one attached hydrogen (secondary N) is 1. The predicted octanol–water partition coefficient (Wildman–Crippen LogP) is 4.46. The summed E-state index contributed by atoms with van der Waals surface area (Å²) in [5.41, 5.74) is 0.521. The number of halogens is 1. The highest BCUT2D eigenvalue weighted by Crippen LogP contribution is 2.31. The third kappa shape index (κ3) is 3.02. The molecule has 0 unspecified atom stereocenters. The van der Waals surface area contributed by atoms with Crippen molar-refractivity contribution in [1.29, 1.82) is 0 Å². The molecule has 1 N–H and O–H groups in total. The van der Waals surface area contributed by atoms with E-state index in [0.29, 0.717) is 4.70 Å². The van der Waals surface area contributed by atoms with Gasteiger partial charge in [-0.05, 0) is 35.0 Å². The molecule has 0 fully saturated rings. The van der Waals surface area contributed by atoms with E-state index in [1.54, 1.807) is 18.2 Å². The van der Waals surface area contributed by atoms with Crippen LogP contribution in [0.5, 0.6) is 0 Å². The van der Waals surface area contributed by atoms with Gasteiger partial charge in [0.15, 0.2) is 5.58 Å². The van der Waals surface area contributed by atoms with Crippen LogP contribution in [0.3, 0.4) is 0 Å². The van der Waals surface area contributed by atoms with Gasteiger partial charge in [-0.25, -0.2) is 13.2 Å². The van der Waals surface area contributed by atoms with Crippen LogP contribution in [0.15, 0.2) is 68.7 Å². The number of hydrogen-bond donors (Lipinski definition) is 1. The lowest BCUT2D eigenvalue weighted by atomic mass is 10.1. The minimum atomic E-state index is -3.80. The average Bonchev–Trinajstić information content (AvgIpc) is 2.95. The second-order valence-corrected chi connectivity index (χ2v) is 8.42. The molecule has 5 nitrogen and oxygen atoms in total. The molecule has 0 aliphatic carbocycles. The Balaban J connectivity index is 1.76. The molecule has 1 aromatic heterocycles. The fraction of sp³-hybridized carbons (Fsp3) is 0. The summed E-state index contributed by atoms with van der Waals surface area (Å²) < 4.78 is 33.3. The highest BCUT2D eigenvalue weighted by atomic mass is 35.5. The van der Waals surface area contributed by atoms with Gasteiger partial charge >= 0.3 is 4.94 Å². The van der Waals surface area contributed by atoms with E-state index < -0.39 is 15.0 Å². The molecule has 126 valence electrons. The summed E-state index contributed by atoms with van der Waals surface area (Å²) >= 11 is 6.93. The minimum Gasteiger partial charge on any atom is -0.412 e. The summed E-state index contributed by atoms with van der Waals surface area (Å²) in [6, 6.07) is 15.3. The van der Waals surface area contributed by atoms with Gasteiger partial charge in [0.2, 0.25) is 0 Å². The normalized spacial score (nSPS) is 11.9. The van der Waals surface area contributed by atoms with Crippen LogP contribution < -0.4 is 9.66 Å². The second kappa shape index (κ2) is 5.87. The lowest BCUT2D eigenvalue weighted by molar-refractivity contribution is 0.585. The molecule has 0 amide bonds. The largest absolute Gasteiger partial charge is 0.412 e. The Morgan fingerprint density at radius 3 is 2.56 bits per heavy atom. The average molecular weight is 392 g/mol. The van der Waals surface area contributed by atoms with Crippen molar-refractivity contribution in [3.8, 4) is 0 Å². The van der Waals surface area contributed by atoms with Crippen molar-refractivity contribution in [2.24, 2.45) is 0 Å². The highest BCUT2D eigenvalue weighted by molar-refractivity contribution is 7.92. The number of hydrogen-bond acceptors (Lipinski definition) is 5. The fourth-order valence-electron chi connectivity index (χ4n) is 2.54. The number of fused-ring (bicyclic) bond motifs is 2. The molecule has 4 rings (SSSR count). The minimum absolute atomic E-state index is 0.141. The molecule has 1 heterocycles. The van der Waals surface area contributed by atoms with Crippen molar-refractivity contribution in [2.75, 3.05) is 4.72 Å². The number of sulfonamides is 1. The molecular formula is C17H10ClNO4S2. The van der Waals surface area contributed by atoms with Gasteiger partial charge in [0.05, 0.1) is 20.3 Å². The predicted molar refractivity (Wildman–Crippen MR) is 100 cm³/mol. The monoisotopic (exact) mass is 391 g/mol. The first-order chi connectivity index (χ1) is 11.9. The van der Waals surface area contributed by atoms with E-state index in [2.05, 4.69) is 4.72 Å². The van der Waals surface area contributed by atoms with E-state index in [1.165, 1.54) is 12.1 Å². The van der Waals surface area contributed by atoms with Crippen LogP contribution >= 0.6 is 22.9 Å². The quantitative estimate of drug-likeness (QED) is 0.559. The molecule has 0 spiro atoms. The van der Waals surface area contributed by atoms with Crippen LogP contribution in [-0.2, 0) is 10.0 Å². The third-order valence-corrected chi connectivity index (χ3v) is 6.10. The zero-order valence-electron chi connectivity index (χ0n) is 12.5. The van der Waals surface area contributed by atoms with E-state index >= 15 is 0 Å². The lowest BCUT2D eigenvalue weighted by Crippen LogP contribution is -2.12. The summed E-state index contributed by atoms with van der Waals surface area (Å²) in [5.74, 6) is 0. The Morgan fingerprint density at radius 1 is 1.00 bits per heavy atom. The lowest BCUT2D eigenvalue weighted by Gasteiger charge is -2.09. The summed E-state index contributed by atoms with van der Waals surface area (Å²) in [6.07, 6.45) is 0. The topological polar surface area (TPSA) is 76.4 Å². The van der Waals surface area contributed by atoms with Gasteiger partial charge in [-0.15, -0.1) is 0 Å². The summed E-state index contributed by atoms with van der Waals surface area (Å²) in [6.45, 7) is 0. The van der Waals surface area contributed by atoms with Gasteiger partial charge in [0.1, 0.15) is 0 Å². The van der Waals surface area contributed by atoms with Crippen molar-refractivity contribution in [1.82, 2.24) is 0 Å². The van der Waals surface area contributed by atoms with Crippen LogP contribution in [0.1, 0.15) is 0 Å². The first-order valence-electron chi connectivity index (χ1n) is 7.17. The Bertz CT molecular complexity index is 1270. The van der Waals surface area contributed by atoms with Gasteiger partial charge in [-0.2, -0.15) is 0 Å². The van der Waals surface area contributed by atoms with Crippen LogP contribution in [0.4, 0.5) is 5.69 Å². The standard InChI is InChI=1S/C17H10ClNO4S2/c18-14-8-12(9-15-16(14)23-17(20)24-15)19-25(21,22)13-6-5-10-3-1-2-4-11(10)7-13/h1-9,19H. The Kier molecular flexibility index (Phi) is 3.79. The molecule has 0 radical (unpaired) electrons. The zero-order valence-corrected chi connectivity index (χ0v) is 14.9. The molecule has 8 heteroatoms. The van der Waals surface area contributed by atoms with Gasteiger partial charge in [-0.3, -0.25) is 4.72 Å². The second-order valence-electron chi connectivity index (χ2n) is 5.35. The van der Waals surface area contributed by atoms with Crippen LogP contribution in [0.25, 0.3) is 21.1 Å². The number of benzene rings is 3. The zero-order chi connectivity index (χ0) is 17.6. The van der Waals surface area contributed by atoms with Gasteiger partial charge in [-0.1, -0.05) is 53.3 Å². The van der Waals surface area contributed by atoms with E-state index in [9.17, 15) is 13.2 Å². The molecule has 0 aliphatic rings. The van der Waals surface area contributed by atoms with Crippen LogP contribution in [0.2, 0.25) is 5.02 Å². The molecule has 3 aromatic carbocycles. The van der Waals surface area contributed by atoms with E-state index in [-0.39, 0.29) is 21.2 Å². The van der Waals surface area contributed by atoms with Gasteiger partial charge in [0.25, 0.3) is 10.0 Å². The van der Waals surface area contributed by atoms with Crippen LogP contribution in [-0.4, -0.2) is 8.42 Å². The molecule has 0 aliphatic heterocycles. The first kappa shape index (κ1) is 16.1. The van der Waals surface area contributed by atoms with E-state index in [0.717, 1.165) is 22.1 Å². The maximum absolute atomic E-state index is 12.7. The smallest absolute Gasteiger partial charge is 0.396 e. The molecule has 25 heavy (non-hydrogen) atoms. The maximum Gasteiger partial charge on any atom is 0.396 e. The molecule has 0 saturated carbocycles. The summed E-state index contributed by atoms with van der Waals surface area (Å²) in [7, 11) is -3.80. The van der Waals surface area contributed by atoms with Crippen molar-refractivity contribution < 1.29 is 12.8 Å². The summed E-state index contributed by atoms with van der Waals surface area (Å²) in [5, 5.41) is 1.95. The summed E-state index contributed by atoms with van der Waals surface area (Å²) in [4.78, 5) is 11.0. The van der Waals surface area contributed by atoms with Crippen molar-refractivity contribution >= 4 is 59.7 Å². The first-order valence-corrected chi connectivity index (χ1v) is 9.85. The Morgan fingerprint density at radius 2 is 1.76 bits per heavy atom. The van der Waals surface area contributed by atoms with Gasteiger partial charge in [0, 0.05) is 0 Å². The van der Waals surface area contributed by atoms with Crippen LogP contribution in [0, 0.1) is 0 Å². The van der Waals surface area contributed by atoms with Crippen molar-refractivity contribution in [3.63, 3.8) is 0 Å². The molecule has 0 atom stereocenters. The maximum atomic E-state index is 12.7. The Labute approximate surface area is 151 Å². The highest BCUT2D eigenvalue weighted by Gasteiger charge is 2.17. The molecule has 0 bridgehead atoms. The SMILES string of the molecule is O=c1oc2c(Cl)cc(NS(=O)(=O)c3ccc4ccccc4c3)cc2s1. The van der Waals surface area contributed by atoms with E-state index in [4.69, 9.17) is 16.0 Å². The third-order valence-electron chi connectivity index (χ3n) is 3.67. The number of rotatable bonds is 3. The van der Waals surface area contributed by atoms with Crippen molar-refractivity contribution in [3.05, 3.63) is 69.4 Å². The molecule has 0 saturated heterocycles. The molecule has 4 aromatic rings. The van der Waals surface area contributed by atoms with Crippen molar-refractivity contribution in [2.45, 2.75) is 4.90 Å². The number of anilines is 1. The molecular weight excluding hydrogens is 382 g/mol. The Hall–Kier alpha value is -2.35. The van der Waals surface area contributed by atoms with Gasteiger partial charge < -0.3 is 4.42 Å².